The Labute approximate surface area is 181 Å². The largest absolute Gasteiger partial charge is 0.352 e. The van der Waals surface area contributed by atoms with Gasteiger partial charge in [0.2, 0.25) is 11.8 Å². The normalized spacial score (nSPS) is 15.0. The van der Waals surface area contributed by atoms with Gasteiger partial charge in [0.25, 0.3) is 0 Å². The van der Waals surface area contributed by atoms with Crippen molar-refractivity contribution in [3.8, 4) is 0 Å². The van der Waals surface area contributed by atoms with Crippen molar-refractivity contribution in [3.63, 3.8) is 0 Å². The number of amides is 2. The summed E-state index contributed by atoms with van der Waals surface area (Å²) in [6, 6.07) is 8.41. The molecule has 1 saturated heterocycles. The lowest BCUT2D eigenvalue weighted by atomic mass is 10.1. The summed E-state index contributed by atoms with van der Waals surface area (Å²) in [4.78, 5) is 33.9. The molecular formula is C22H29N5O2S. The van der Waals surface area contributed by atoms with E-state index in [4.69, 9.17) is 0 Å². The number of rotatable bonds is 9. The lowest BCUT2D eigenvalue weighted by Gasteiger charge is -2.33. The minimum absolute atomic E-state index is 0.00586. The number of carbonyl (C=O) groups is 2. The molecule has 3 rings (SSSR count). The van der Waals surface area contributed by atoms with E-state index >= 15 is 0 Å². The Morgan fingerprint density at radius 2 is 1.87 bits per heavy atom. The molecule has 1 fully saturated rings. The molecule has 1 aromatic carbocycles. The number of nitrogens with zero attached hydrogens (tertiary/aromatic N) is 3. The standard InChI is InChI=1S/C22H29N5O2S/c1-3-7-23-20(28)15-26-8-10-27(11-9-26)16-21(29)25-22-24-14-19(30-22)13-18-6-4-5-17(2)12-18/h3-6,12,14H,1,7-11,13,15-16H2,2H3,(H,23,28)(H,24,25,29). The van der Waals surface area contributed by atoms with Crippen molar-refractivity contribution >= 4 is 28.3 Å². The summed E-state index contributed by atoms with van der Waals surface area (Å²) in [5, 5.41) is 6.34. The Balaban J connectivity index is 1.39. The highest BCUT2D eigenvalue weighted by Crippen LogP contribution is 2.21. The summed E-state index contributed by atoms with van der Waals surface area (Å²) in [5.41, 5.74) is 2.48. The van der Waals surface area contributed by atoms with Crippen LogP contribution in [-0.2, 0) is 16.0 Å². The van der Waals surface area contributed by atoms with Gasteiger partial charge in [0.15, 0.2) is 5.13 Å². The minimum atomic E-state index is -0.0522. The van der Waals surface area contributed by atoms with Gasteiger partial charge in [-0.25, -0.2) is 4.98 Å². The molecule has 30 heavy (non-hydrogen) atoms. The molecular weight excluding hydrogens is 398 g/mol. The molecule has 0 aliphatic carbocycles. The maximum Gasteiger partial charge on any atom is 0.240 e. The molecule has 0 radical (unpaired) electrons. The van der Waals surface area contributed by atoms with E-state index < -0.39 is 0 Å². The lowest BCUT2D eigenvalue weighted by Crippen LogP contribution is -2.51. The number of aryl methyl sites for hydroxylation is 1. The monoisotopic (exact) mass is 427 g/mol. The second-order valence-corrected chi connectivity index (χ2v) is 8.61. The number of carbonyl (C=O) groups excluding carboxylic acids is 2. The van der Waals surface area contributed by atoms with Crippen molar-refractivity contribution in [2.24, 2.45) is 0 Å². The summed E-state index contributed by atoms with van der Waals surface area (Å²) in [6.07, 6.45) is 4.32. The number of hydrogen-bond acceptors (Lipinski definition) is 6. The van der Waals surface area contributed by atoms with Crippen LogP contribution in [0.15, 0.2) is 43.1 Å². The van der Waals surface area contributed by atoms with Gasteiger partial charge in [-0.15, -0.1) is 17.9 Å². The van der Waals surface area contributed by atoms with Crippen LogP contribution in [0.4, 0.5) is 5.13 Å². The molecule has 0 spiro atoms. The molecule has 8 heteroatoms. The molecule has 2 N–H and O–H groups in total. The SMILES string of the molecule is C=CCNC(=O)CN1CCN(CC(=O)Nc2ncc(Cc3cccc(C)c3)s2)CC1. The molecule has 7 nitrogen and oxygen atoms in total. The van der Waals surface area contributed by atoms with E-state index in [0.29, 0.717) is 24.8 Å². The number of piperazine rings is 1. The summed E-state index contributed by atoms with van der Waals surface area (Å²) < 4.78 is 0. The number of anilines is 1. The van der Waals surface area contributed by atoms with Gasteiger partial charge in [-0.2, -0.15) is 0 Å². The van der Waals surface area contributed by atoms with Gasteiger partial charge < -0.3 is 10.6 Å². The summed E-state index contributed by atoms with van der Waals surface area (Å²) in [7, 11) is 0. The van der Waals surface area contributed by atoms with Crippen molar-refractivity contribution in [1.82, 2.24) is 20.1 Å². The molecule has 160 valence electrons. The van der Waals surface area contributed by atoms with Crippen LogP contribution in [0.1, 0.15) is 16.0 Å². The number of benzene rings is 1. The Bertz CT molecular complexity index is 874. The quantitative estimate of drug-likeness (QED) is 0.598. The fourth-order valence-electron chi connectivity index (χ4n) is 3.38. The molecule has 0 atom stereocenters. The van der Waals surface area contributed by atoms with E-state index in [1.54, 1.807) is 6.08 Å². The molecule has 2 amide bonds. The molecule has 1 aliphatic heterocycles. The van der Waals surface area contributed by atoms with Gasteiger partial charge in [0, 0.05) is 50.2 Å². The van der Waals surface area contributed by atoms with Gasteiger partial charge in [-0.1, -0.05) is 35.9 Å². The molecule has 1 aliphatic rings. The first kappa shape index (κ1) is 22.1. The van der Waals surface area contributed by atoms with E-state index in [-0.39, 0.29) is 11.8 Å². The van der Waals surface area contributed by atoms with Gasteiger partial charge in [0.05, 0.1) is 13.1 Å². The van der Waals surface area contributed by atoms with Crippen LogP contribution >= 0.6 is 11.3 Å². The predicted octanol–water partition coefficient (Wildman–Crippen LogP) is 1.90. The zero-order valence-electron chi connectivity index (χ0n) is 17.4. The van der Waals surface area contributed by atoms with Crippen LogP contribution in [0.2, 0.25) is 0 Å². The van der Waals surface area contributed by atoms with Crippen molar-refractivity contribution < 1.29 is 9.59 Å². The van der Waals surface area contributed by atoms with E-state index in [0.717, 1.165) is 37.5 Å². The Kier molecular flexibility index (Phi) is 8.12. The first-order valence-electron chi connectivity index (χ1n) is 10.1. The first-order valence-corrected chi connectivity index (χ1v) is 11.0. The third-order valence-electron chi connectivity index (χ3n) is 4.90. The van der Waals surface area contributed by atoms with Crippen LogP contribution in [0.25, 0.3) is 0 Å². The van der Waals surface area contributed by atoms with Gasteiger partial charge in [0.1, 0.15) is 0 Å². The highest BCUT2D eigenvalue weighted by Gasteiger charge is 2.20. The Morgan fingerprint density at radius 3 is 2.53 bits per heavy atom. The zero-order valence-corrected chi connectivity index (χ0v) is 18.2. The van der Waals surface area contributed by atoms with Crippen LogP contribution in [0.5, 0.6) is 0 Å². The molecule has 0 saturated carbocycles. The van der Waals surface area contributed by atoms with E-state index in [2.05, 4.69) is 63.2 Å². The minimum Gasteiger partial charge on any atom is -0.352 e. The maximum absolute atomic E-state index is 12.4. The third kappa shape index (κ3) is 7.05. The van der Waals surface area contributed by atoms with Gasteiger partial charge in [-0.05, 0) is 12.5 Å². The predicted molar refractivity (Wildman–Crippen MR) is 121 cm³/mol. The zero-order chi connectivity index (χ0) is 21.3. The van der Waals surface area contributed by atoms with E-state index in [9.17, 15) is 9.59 Å². The first-order chi connectivity index (χ1) is 14.5. The second kappa shape index (κ2) is 11.0. The van der Waals surface area contributed by atoms with Crippen LogP contribution < -0.4 is 10.6 Å². The third-order valence-corrected chi connectivity index (χ3v) is 5.82. The summed E-state index contributed by atoms with van der Waals surface area (Å²) in [5.74, 6) is -0.0463. The van der Waals surface area contributed by atoms with Gasteiger partial charge in [-0.3, -0.25) is 19.4 Å². The molecule has 0 unspecified atom stereocenters. The maximum atomic E-state index is 12.4. The lowest BCUT2D eigenvalue weighted by molar-refractivity contribution is -0.123. The van der Waals surface area contributed by atoms with Crippen LogP contribution in [0, 0.1) is 6.92 Å². The fraction of sp³-hybridized carbons (Fsp3) is 0.409. The van der Waals surface area contributed by atoms with Crippen molar-refractivity contribution in [2.45, 2.75) is 13.3 Å². The highest BCUT2D eigenvalue weighted by molar-refractivity contribution is 7.15. The topological polar surface area (TPSA) is 77.6 Å². The summed E-state index contributed by atoms with van der Waals surface area (Å²) >= 11 is 1.52. The highest BCUT2D eigenvalue weighted by atomic mass is 32.1. The number of hydrogen-bond donors (Lipinski definition) is 2. The summed E-state index contributed by atoms with van der Waals surface area (Å²) in [6.45, 7) is 9.95. The van der Waals surface area contributed by atoms with E-state index in [1.807, 2.05) is 6.20 Å². The van der Waals surface area contributed by atoms with Crippen LogP contribution in [0.3, 0.4) is 0 Å². The number of aromatic nitrogens is 1. The average Bonchev–Trinajstić information content (AvgIpc) is 3.14. The fourth-order valence-corrected chi connectivity index (χ4v) is 4.25. The average molecular weight is 428 g/mol. The van der Waals surface area contributed by atoms with Crippen molar-refractivity contribution in [1.29, 1.82) is 0 Å². The Hall–Kier alpha value is -2.55. The Morgan fingerprint density at radius 1 is 1.17 bits per heavy atom. The van der Waals surface area contributed by atoms with Crippen molar-refractivity contribution in [2.75, 3.05) is 51.1 Å². The van der Waals surface area contributed by atoms with Crippen molar-refractivity contribution in [3.05, 3.63) is 59.1 Å². The second-order valence-electron chi connectivity index (χ2n) is 7.49. The molecule has 2 heterocycles. The number of nitrogens with one attached hydrogen (secondary N) is 2. The van der Waals surface area contributed by atoms with E-state index in [1.165, 1.54) is 22.5 Å². The molecule has 2 aromatic rings. The molecule has 0 bridgehead atoms. The number of thiazole rings is 1. The smallest absolute Gasteiger partial charge is 0.240 e. The molecule has 1 aromatic heterocycles. The van der Waals surface area contributed by atoms with Crippen LogP contribution in [-0.4, -0.2) is 72.4 Å². The van der Waals surface area contributed by atoms with Gasteiger partial charge >= 0.3 is 0 Å².